The summed E-state index contributed by atoms with van der Waals surface area (Å²) in [5.41, 5.74) is 1.74. The summed E-state index contributed by atoms with van der Waals surface area (Å²) in [6.45, 7) is 5.68. The number of sulfonamides is 1. The van der Waals surface area contributed by atoms with Gasteiger partial charge >= 0.3 is 0 Å². The molecule has 1 heterocycles. The molecule has 3 atom stereocenters. The lowest BCUT2D eigenvalue weighted by Gasteiger charge is -2.38. The maximum atomic E-state index is 13.7. The van der Waals surface area contributed by atoms with Gasteiger partial charge in [-0.1, -0.05) is 43.9 Å². The molecule has 2 aromatic carbocycles. The molecule has 2 amide bonds. The van der Waals surface area contributed by atoms with Gasteiger partial charge in [-0.3, -0.25) is 9.59 Å². The van der Waals surface area contributed by atoms with Gasteiger partial charge < -0.3 is 20.1 Å². The number of ether oxygens (including phenoxy) is 1. The lowest BCUT2D eigenvalue weighted by Crippen LogP contribution is -2.50. The summed E-state index contributed by atoms with van der Waals surface area (Å²) in [6, 6.07) is 11.2. The molecule has 1 aliphatic carbocycles. The lowest BCUT2D eigenvalue weighted by atomic mass is 9.88. The Kier molecular flexibility index (Phi) is 9.53. The molecule has 218 valence electrons. The first kappa shape index (κ1) is 30.0. The molecule has 1 aliphatic heterocycles. The smallest absolute Gasteiger partial charge is 0.258 e. The molecule has 2 aliphatic rings. The van der Waals surface area contributed by atoms with Crippen LogP contribution < -0.4 is 10.1 Å². The highest BCUT2D eigenvalue weighted by molar-refractivity contribution is 7.89. The Morgan fingerprint density at radius 3 is 2.48 bits per heavy atom. The van der Waals surface area contributed by atoms with Gasteiger partial charge in [0.1, 0.15) is 11.9 Å². The van der Waals surface area contributed by atoms with Crippen molar-refractivity contribution in [2.75, 3.05) is 32.1 Å². The van der Waals surface area contributed by atoms with E-state index in [0.717, 1.165) is 37.7 Å². The second kappa shape index (κ2) is 12.7. The number of aryl methyl sites for hydroxylation is 1. The number of carbonyl (C=O) groups excluding carboxylic acids is 2. The van der Waals surface area contributed by atoms with E-state index in [0.29, 0.717) is 11.4 Å². The topological polar surface area (TPSA) is 116 Å². The summed E-state index contributed by atoms with van der Waals surface area (Å²) >= 11 is 0. The highest BCUT2D eigenvalue weighted by Gasteiger charge is 2.35. The summed E-state index contributed by atoms with van der Waals surface area (Å²) in [5, 5.41) is 12.9. The fourth-order valence-corrected chi connectivity index (χ4v) is 6.55. The van der Waals surface area contributed by atoms with E-state index in [1.807, 2.05) is 13.8 Å². The fourth-order valence-electron chi connectivity index (χ4n) is 5.37. The highest BCUT2D eigenvalue weighted by Crippen LogP contribution is 2.32. The zero-order chi connectivity index (χ0) is 29.0. The largest absolute Gasteiger partial charge is 0.488 e. The Morgan fingerprint density at radius 2 is 1.82 bits per heavy atom. The van der Waals surface area contributed by atoms with Crippen molar-refractivity contribution in [3.63, 3.8) is 0 Å². The van der Waals surface area contributed by atoms with Gasteiger partial charge in [-0.2, -0.15) is 4.31 Å². The average Bonchev–Trinajstić information content (AvgIpc) is 2.95. The molecule has 40 heavy (non-hydrogen) atoms. The zero-order valence-electron chi connectivity index (χ0n) is 23.8. The van der Waals surface area contributed by atoms with Crippen molar-refractivity contribution < 1.29 is 27.9 Å². The molecule has 2 aromatic rings. The molecular formula is C30H41N3O6S. The normalized spacial score (nSPS) is 21.2. The van der Waals surface area contributed by atoms with Crippen molar-refractivity contribution in [2.24, 2.45) is 11.8 Å². The van der Waals surface area contributed by atoms with Crippen LogP contribution in [0.4, 0.5) is 5.69 Å². The summed E-state index contributed by atoms with van der Waals surface area (Å²) in [7, 11) is -2.25. The minimum Gasteiger partial charge on any atom is -0.488 e. The standard InChI is InChI=1S/C30H41N3O6S/c1-20-10-13-25(14-11-20)40(37,38)32(4)18-28-21(2)17-33(22(3)19-34)30(36)26-16-24(12-15-27(26)39-28)31-29(35)23-8-6-5-7-9-23/h10-16,21-23,28,34H,5-9,17-19H2,1-4H3,(H,31,35)/t21-,22-,28-/m0/s1. The van der Waals surface area contributed by atoms with E-state index < -0.39 is 22.2 Å². The minimum absolute atomic E-state index is 0.0372. The molecule has 0 saturated heterocycles. The van der Waals surface area contributed by atoms with Gasteiger partial charge in [0.05, 0.1) is 29.7 Å². The number of nitrogens with zero attached hydrogens (tertiary/aromatic N) is 2. The van der Waals surface area contributed by atoms with Crippen LogP contribution >= 0.6 is 0 Å². The summed E-state index contributed by atoms with van der Waals surface area (Å²) < 4.78 is 34.2. The van der Waals surface area contributed by atoms with Crippen molar-refractivity contribution in [3.05, 3.63) is 53.6 Å². The molecule has 2 N–H and O–H groups in total. The summed E-state index contributed by atoms with van der Waals surface area (Å²) in [4.78, 5) is 28.4. The van der Waals surface area contributed by atoms with Crippen LogP contribution in [0.5, 0.6) is 5.75 Å². The maximum absolute atomic E-state index is 13.7. The molecule has 10 heteroatoms. The van der Waals surface area contributed by atoms with E-state index in [9.17, 15) is 23.1 Å². The number of amides is 2. The molecule has 0 radical (unpaired) electrons. The van der Waals surface area contributed by atoms with Crippen LogP contribution in [0.3, 0.4) is 0 Å². The van der Waals surface area contributed by atoms with E-state index in [-0.39, 0.29) is 53.8 Å². The van der Waals surface area contributed by atoms with Gasteiger partial charge in [-0.15, -0.1) is 0 Å². The van der Waals surface area contributed by atoms with Crippen LogP contribution in [0.2, 0.25) is 0 Å². The number of hydrogen-bond acceptors (Lipinski definition) is 6. The molecule has 0 bridgehead atoms. The first-order chi connectivity index (χ1) is 19.0. The predicted molar refractivity (Wildman–Crippen MR) is 154 cm³/mol. The SMILES string of the molecule is Cc1ccc(S(=O)(=O)N(C)C[C@@H]2Oc3ccc(NC(=O)C4CCCCC4)cc3C(=O)N([C@@H](C)CO)C[C@@H]2C)cc1. The zero-order valence-corrected chi connectivity index (χ0v) is 24.6. The Labute approximate surface area is 237 Å². The maximum Gasteiger partial charge on any atom is 0.258 e. The molecule has 9 nitrogen and oxygen atoms in total. The van der Waals surface area contributed by atoms with E-state index in [2.05, 4.69) is 5.32 Å². The second-order valence-electron chi connectivity index (χ2n) is 11.3. The van der Waals surface area contributed by atoms with Crippen LogP contribution in [-0.2, 0) is 14.8 Å². The van der Waals surface area contributed by atoms with Crippen LogP contribution in [0.25, 0.3) is 0 Å². The van der Waals surface area contributed by atoms with E-state index in [1.165, 1.54) is 11.4 Å². The Bertz CT molecular complexity index is 1310. The fraction of sp³-hybridized carbons (Fsp3) is 0.533. The summed E-state index contributed by atoms with van der Waals surface area (Å²) in [6.07, 6.45) is 4.37. The third-order valence-corrected chi connectivity index (χ3v) is 9.91. The van der Waals surface area contributed by atoms with Crippen LogP contribution in [0, 0.1) is 18.8 Å². The number of rotatable bonds is 8. The van der Waals surface area contributed by atoms with Crippen LogP contribution in [0.15, 0.2) is 47.4 Å². The molecule has 0 unspecified atom stereocenters. The number of anilines is 1. The van der Waals surface area contributed by atoms with Crippen LogP contribution in [0.1, 0.15) is 61.9 Å². The molecule has 1 saturated carbocycles. The number of aliphatic hydroxyl groups excluding tert-OH is 1. The third kappa shape index (κ3) is 6.67. The molecular weight excluding hydrogens is 530 g/mol. The molecule has 1 fully saturated rings. The van der Waals surface area contributed by atoms with Gasteiger partial charge in [0.2, 0.25) is 15.9 Å². The quantitative estimate of drug-likeness (QED) is 0.494. The lowest BCUT2D eigenvalue weighted by molar-refractivity contribution is -0.120. The monoisotopic (exact) mass is 571 g/mol. The Morgan fingerprint density at radius 1 is 1.15 bits per heavy atom. The van der Waals surface area contributed by atoms with Gasteiger partial charge in [0, 0.05) is 31.1 Å². The molecule has 4 rings (SSSR count). The van der Waals surface area contributed by atoms with E-state index in [1.54, 1.807) is 54.3 Å². The first-order valence-electron chi connectivity index (χ1n) is 14.1. The minimum atomic E-state index is -3.77. The number of fused-ring (bicyclic) bond motifs is 1. The number of carbonyl (C=O) groups is 2. The Balaban J connectivity index is 1.62. The van der Waals surface area contributed by atoms with E-state index in [4.69, 9.17) is 4.74 Å². The van der Waals surface area contributed by atoms with Gasteiger partial charge in [-0.25, -0.2) is 8.42 Å². The van der Waals surface area contributed by atoms with Gasteiger partial charge in [0.25, 0.3) is 5.91 Å². The average molecular weight is 572 g/mol. The number of benzene rings is 2. The number of aliphatic hydroxyl groups is 1. The predicted octanol–water partition coefficient (Wildman–Crippen LogP) is 4.05. The number of hydrogen-bond donors (Lipinski definition) is 2. The number of likely N-dealkylation sites (N-methyl/N-ethyl adjacent to an activating group) is 1. The third-order valence-electron chi connectivity index (χ3n) is 8.07. The van der Waals surface area contributed by atoms with Gasteiger partial charge in [-0.05, 0) is 57.0 Å². The first-order valence-corrected chi connectivity index (χ1v) is 15.5. The van der Waals surface area contributed by atoms with Crippen molar-refractivity contribution in [2.45, 2.75) is 69.9 Å². The highest BCUT2D eigenvalue weighted by atomic mass is 32.2. The van der Waals surface area contributed by atoms with Crippen molar-refractivity contribution in [1.29, 1.82) is 0 Å². The second-order valence-corrected chi connectivity index (χ2v) is 13.3. The number of nitrogens with one attached hydrogen (secondary N) is 1. The molecule has 0 aromatic heterocycles. The van der Waals surface area contributed by atoms with Crippen molar-refractivity contribution >= 4 is 27.5 Å². The van der Waals surface area contributed by atoms with E-state index >= 15 is 0 Å². The van der Waals surface area contributed by atoms with Gasteiger partial charge in [0.15, 0.2) is 0 Å². The van der Waals surface area contributed by atoms with Crippen molar-refractivity contribution in [3.8, 4) is 5.75 Å². The van der Waals surface area contributed by atoms with Crippen molar-refractivity contribution in [1.82, 2.24) is 9.21 Å². The Hall–Kier alpha value is -2.95. The summed E-state index contributed by atoms with van der Waals surface area (Å²) in [5.74, 6) is -0.323. The van der Waals surface area contributed by atoms with Crippen LogP contribution in [-0.4, -0.2) is 73.4 Å². The molecule has 0 spiro atoms.